The van der Waals surface area contributed by atoms with Crippen LogP contribution in [0.3, 0.4) is 0 Å². The van der Waals surface area contributed by atoms with Gasteiger partial charge in [0.05, 0.1) is 16.8 Å². The van der Waals surface area contributed by atoms with Crippen molar-refractivity contribution in [1.82, 2.24) is 4.98 Å². The van der Waals surface area contributed by atoms with Crippen molar-refractivity contribution >= 4 is 27.4 Å². The van der Waals surface area contributed by atoms with Crippen LogP contribution in [0.5, 0.6) is 0 Å². The van der Waals surface area contributed by atoms with Crippen LogP contribution in [0.25, 0.3) is 10.9 Å². The topological polar surface area (TPSA) is 57.0 Å². The van der Waals surface area contributed by atoms with Gasteiger partial charge >= 0.3 is 0 Å². The molecule has 1 aromatic carbocycles. The Labute approximate surface area is 120 Å². The first-order valence-corrected chi connectivity index (χ1v) is 8.08. The Morgan fingerprint density at radius 2 is 2.10 bits per heavy atom. The Bertz CT molecular complexity index is 726. The van der Waals surface area contributed by atoms with Crippen LogP contribution in [0.15, 0.2) is 24.4 Å². The molecule has 1 aromatic heterocycles. The second-order valence-corrected chi connectivity index (χ2v) is 6.63. The zero-order chi connectivity index (χ0) is 14.1. The molecular formula is C15H15N3OS. The van der Waals surface area contributed by atoms with E-state index in [1.165, 1.54) is 0 Å². The monoisotopic (exact) mass is 285 g/mol. The summed E-state index contributed by atoms with van der Waals surface area (Å²) in [4.78, 5) is 6.58. The molecule has 20 heavy (non-hydrogen) atoms. The number of nitrogens with zero attached hydrogens (tertiary/aromatic N) is 3. The van der Waals surface area contributed by atoms with Crippen LogP contribution >= 0.6 is 0 Å². The summed E-state index contributed by atoms with van der Waals surface area (Å²) in [5.74, 6) is 1.33. The van der Waals surface area contributed by atoms with Crippen LogP contribution < -0.4 is 4.90 Å². The summed E-state index contributed by atoms with van der Waals surface area (Å²) >= 11 is 0. The van der Waals surface area contributed by atoms with E-state index in [2.05, 4.69) is 16.0 Å². The fourth-order valence-electron chi connectivity index (χ4n) is 2.64. The Morgan fingerprint density at radius 3 is 2.80 bits per heavy atom. The van der Waals surface area contributed by atoms with Crippen molar-refractivity contribution in [3.63, 3.8) is 0 Å². The minimum atomic E-state index is -0.722. The Balaban J connectivity index is 2.19. The molecule has 0 aliphatic carbocycles. The van der Waals surface area contributed by atoms with Crippen LogP contribution in [-0.4, -0.2) is 33.8 Å². The molecule has 0 spiro atoms. The molecule has 0 atom stereocenters. The fraction of sp³-hybridized carbons (Fsp3) is 0.333. The van der Waals surface area contributed by atoms with E-state index >= 15 is 0 Å². The van der Waals surface area contributed by atoms with E-state index in [0.29, 0.717) is 17.1 Å². The van der Waals surface area contributed by atoms with Crippen molar-refractivity contribution in [3.05, 3.63) is 35.5 Å². The molecule has 4 nitrogen and oxygen atoms in total. The summed E-state index contributed by atoms with van der Waals surface area (Å²) in [5, 5.41) is 10.4. The summed E-state index contributed by atoms with van der Waals surface area (Å²) in [5.41, 5.74) is 3.58. The standard InChI is InChI=1S/C15H15N3OS/c1-11-3-2-4-13-14(11)17-10-12(9-16)15(13)18-5-7-20(19)8-6-18/h2-4,10H,5-8H2,1H3. The average molecular weight is 285 g/mol. The van der Waals surface area contributed by atoms with Gasteiger partial charge in [-0.1, -0.05) is 18.2 Å². The third-order valence-electron chi connectivity index (χ3n) is 3.69. The molecule has 0 radical (unpaired) electrons. The van der Waals surface area contributed by atoms with Crippen LogP contribution in [0.2, 0.25) is 0 Å². The first kappa shape index (κ1) is 13.1. The summed E-state index contributed by atoms with van der Waals surface area (Å²) < 4.78 is 11.5. The maximum absolute atomic E-state index is 11.5. The number of pyridine rings is 1. The second-order valence-electron chi connectivity index (χ2n) is 4.94. The molecule has 102 valence electrons. The van der Waals surface area contributed by atoms with Gasteiger partial charge in [-0.15, -0.1) is 0 Å². The smallest absolute Gasteiger partial charge is 0.103 e. The molecule has 1 aliphatic heterocycles. The van der Waals surface area contributed by atoms with E-state index < -0.39 is 10.8 Å². The molecule has 1 fully saturated rings. The van der Waals surface area contributed by atoms with Gasteiger partial charge in [-0.2, -0.15) is 5.26 Å². The molecular weight excluding hydrogens is 270 g/mol. The fourth-order valence-corrected chi connectivity index (χ4v) is 3.69. The summed E-state index contributed by atoms with van der Waals surface area (Å²) in [6.07, 6.45) is 1.65. The predicted octanol–water partition coefficient (Wildman–Crippen LogP) is 1.98. The van der Waals surface area contributed by atoms with Gasteiger partial charge in [0.1, 0.15) is 6.07 Å². The maximum atomic E-state index is 11.5. The molecule has 0 amide bonds. The van der Waals surface area contributed by atoms with E-state index in [1.807, 2.05) is 25.1 Å². The second kappa shape index (κ2) is 5.22. The number of para-hydroxylation sites is 1. The molecule has 2 heterocycles. The highest BCUT2D eigenvalue weighted by Crippen LogP contribution is 2.31. The first-order chi connectivity index (χ1) is 9.70. The van der Waals surface area contributed by atoms with Crippen LogP contribution in [0.1, 0.15) is 11.1 Å². The van der Waals surface area contributed by atoms with Crippen molar-refractivity contribution in [2.45, 2.75) is 6.92 Å². The summed E-state index contributed by atoms with van der Waals surface area (Å²) in [7, 11) is -0.722. The highest BCUT2D eigenvalue weighted by molar-refractivity contribution is 7.85. The quantitative estimate of drug-likeness (QED) is 0.804. The maximum Gasteiger partial charge on any atom is 0.103 e. The first-order valence-electron chi connectivity index (χ1n) is 6.59. The van der Waals surface area contributed by atoms with Gasteiger partial charge in [0, 0.05) is 47.0 Å². The lowest BCUT2D eigenvalue weighted by molar-refractivity contribution is 0.673. The van der Waals surface area contributed by atoms with E-state index in [0.717, 1.165) is 35.2 Å². The largest absolute Gasteiger partial charge is 0.368 e. The predicted molar refractivity (Wildman–Crippen MR) is 81.3 cm³/mol. The lowest BCUT2D eigenvalue weighted by atomic mass is 10.1. The Morgan fingerprint density at radius 1 is 1.35 bits per heavy atom. The third-order valence-corrected chi connectivity index (χ3v) is 4.96. The van der Waals surface area contributed by atoms with Gasteiger partial charge in [-0.25, -0.2) is 0 Å². The van der Waals surface area contributed by atoms with Gasteiger partial charge in [0.15, 0.2) is 0 Å². The normalized spacial score (nSPS) is 16.3. The molecule has 2 aromatic rings. The minimum Gasteiger partial charge on any atom is -0.368 e. The number of benzene rings is 1. The molecule has 3 rings (SSSR count). The van der Waals surface area contributed by atoms with Gasteiger partial charge in [0.2, 0.25) is 0 Å². The lowest BCUT2D eigenvalue weighted by Gasteiger charge is -2.30. The molecule has 0 N–H and O–H groups in total. The minimum absolute atomic E-state index is 0.593. The Hall–Kier alpha value is -1.93. The SMILES string of the molecule is Cc1cccc2c(N3CCS(=O)CC3)c(C#N)cnc12. The summed E-state index contributed by atoms with van der Waals surface area (Å²) in [6, 6.07) is 8.26. The number of rotatable bonds is 1. The van der Waals surface area contributed by atoms with Crippen molar-refractivity contribution in [2.75, 3.05) is 29.5 Å². The van der Waals surface area contributed by atoms with Crippen molar-refractivity contribution < 1.29 is 4.21 Å². The number of anilines is 1. The van der Waals surface area contributed by atoms with Gasteiger partial charge < -0.3 is 4.90 Å². The lowest BCUT2D eigenvalue weighted by Crippen LogP contribution is -2.38. The molecule has 1 aliphatic rings. The number of aromatic nitrogens is 1. The van der Waals surface area contributed by atoms with Crippen LogP contribution in [0.4, 0.5) is 5.69 Å². The van der Waals surface area contributed by atoms with Crippen LogP contribution in [-0.2, 0) is 10.8 Å². The van der Waals surface area contributed by atoms with E-state index in [1.54, 1.807) is 6.20 Å². The number of hydrogen-bond acceptors (Lipinski definition) is 4. The average Bonchev–Trinajstić information content (AvgIpc) is 2.47. The van der Waals surface area contributed by atoms with Gasteiger partial charge in [-0.3, -0.25) is 9.19 Å². The zero-order valence-corrected chi connectivity index (χ0v) is 12.1. The molecule has 0 saturated carbocycles. The summed E-state index contributed by atoms with van der Waals surface area (Å²) in [6.45, 7) is 3.49. The van der Waals surface area contributed by atoms with Crippen molar-refractivity contribution in [2.24, 2.45) is 0 Å². The third kappa shape index (κ3) is 2.16. The molecule has 0 bridgehead atoms. The number of aryl methyl sites for hydroxylation is 1. The number of fused-ring (bicyclic) bond motifs is 1. The highest BCUT2D eigenvalue weighted by Gasteiger charge is 2.21. The van der Waals surface area contributed by atoms with E-state index in [4.69, 9.17) is 0 Å². The van der Waals surface area contributed by atoms with E-state index in [-0.39, 0.29) is 0 Å². The molecule has 1 saturated heterocycles. The Kier molecular flexibility index (Phi) is 3.41. The van der Waals surface area contributed by atoms with Crippen molar-refractivity contribution in [3.8, 4) is 6.07 Å². The molecule has 5 heteroatoms. The van der Waals surface area contributed by atoms with Gasteiger partial charge in [0.25, 0.3) is 0 Å². The van der Waals surface area contributed by atoms with Crippen molar-refractivity contribution in [1.29, 1.82) is 5.26 Å². The van der Waals surface area contributed by atoms with Crippen LogP contribution in [0, 0.1) is 18.3 Å². The molecule has 0 unspecified atom stereocenters. The number of hydrogen-bond donors (Lipinski definition) is 0. The number of nitriles is 1. The zero-order valence-electron chi connectivity index (χ0n) is 11.3. The highest BCUT2D eigenvalue weighted by atomic mass is 32.2. The van der Waals surface area contributed by atoms with Gasteiger partial charge in [-0.05, 0) is 12.5 Å². The van der Waals surface area contributed by atoms with E-state index in [9.17, 15) is 9.47 Å².